The summed E-state index contributed by atoms with van der Waals surface area (Å²) < 4.78 is 11.4. The molecule has 134 valence electrons. The van der Waals surface area contributed by atoms with E-state index in [1.54, 1.807) is 23.3 Å². The Balaban J connectivity index is 1.45. The number of nitrogens with one attached hydrogen (secondary N) is 1. The highest BCUT2D eigenvalue weighted by molar-refractivity contribution is 7.09. The zero-order chi connectivity index (χ0) is 17.5. The van der Waals surface area contributed by atoms with Crippen LogP contribution in [0.25, 0.3) is 0 Å². The number of benzene rings is 1. The first kappa shape index (κ1) is 17.8. The average Bonchev–Trinajstić information content (AvgIpc) is 3.15. The van der Waals surface area contributed by atoms with Crippen LogP contribution in [0.3, 0.4) is 0 Å². The number of rotatable bonds is 6. The number of likely N-dealkylation sites (N-methyl/N-ethyl adjacent to an activating group) is 1. The van der Waals surface area contributed by atoms with Gasteiger partial charge in [0.15, 0.2) is 0 Å². The normalized spacial score (nSPS) is 17.1. The summed E-state index contributed by atoms with van der Waals surface area (Å²) in [7, 11) is 1.80. The quantitative estimate of drug-likeness (QED) is 0.833. The van der Waals surface area contributed by atoms with Gasteiger partial charge in [-0.3, -0.25) is 0 Å². The number of nitrogens with zero attached hydrogens (tertiary/aromatic N) is 1. The summed E-state index contributed by atoms with van der Waals surface area (Å²) in [6.07, 6.45) is 3.46. The highest BCUT2D eigenvalue weighted by Crippen LogP contribution is 2.19. The molecule has 1 saturated heterocycles. The van der Waals surface area contributed by atoms with Crippen molar-refractivity contribution in [3.05, 3.63) is 46.7 Å². The third-order valence-electron chi connectivity index (χ3n) is 4.16. The smallest absolute Gasteiger partial charge is 0.321 e. The van der Waals surface area contributed by atoms with Crippen LogP contribution >= 0.6 is 11.3 Å². The van der Waals surface area contributed by atoms with Gasteiger partial charge in [0, 0.05) is 30.8 Å². The van der Waals surface area contributed by atoms with Gasteiger partial charge in [-0.1, -0.05) is 6.07 Å². The molecule has 1 aromatic carbocycles. The van der Waals surface area contributed by atoms with Gasteiger partial charge in [-0.25, -0.2) is 4.79 Å². The molecular formula is C19H24N2O3S. The van der Waals surface area contributed by atoms with Gasteiger partial charge in [-0.2, -0.15) is 0 Å². The minimum atomic E-state index is -0.124. The molecule has 5 nitrogen and oxygen atoms in total. The number of ether oxygens (including phenoxy) is 2. The molecule has 0 aliphatic carbocycles. The third-order valence-corrected chi connectivity index (χ3v) is 5.01. The van der Waals surface area contributed by atoms with Crippen LogP contribution < -0.4 is 10.1 Å². The van der Waals surface area contributed by atoms with Gasteiger partial charge in [0.05, 0.1) is 6.10 Å². The van der Waals surface area contributed by atoms with Crippen molar-refractivity contribution in [1.29, 1.82) is 0 Å². The van der Waals surface area contributed by atoms with Crippen LogP contribution in [0.15, 0.2) is 41.8 Å². The van der Waals surface area contributed by atoms with Crippen molar-refractivity contribution in [3.8, 4) is 5.75 Å². The standard InChI is InChI=1S/C19H24N2O3S/c1-21(13-17-5-2-3-11-23-17)19(22)20-15-7-9-16(10-8-15)24-14-18-6-4-12-25-18/h4,6-10,12,17H,2-3,5,11,13-14H2,1H3,(H,20,22)/t17-/m1/s1. The van der Waals surface area contributed by atoms with E-state index in [9.17, 15) is 4.79 Å². The predicted molar refractivity (Wildman–Crippen MR) is 100 cm³/mol. The second-order valence-corrected chi connectivity index (χ2v) is 7.22. The van der Waals surface area contributed by atoms with E-state index in [2.05, 4.69) is 5.32 Å². The first-order valence-corrected chi connectivity index (χ1v) is 9.47. The third kappa shape index (κ3) is 5.47. The molecule has 1 aliphatic heterocycles. The van der Waals surface area contributed by atoms with Gasteiger partial charge in [0.1, 0.15) is 12.4 Å². The molecule has 0 spiro atoms. The second-order valence-electron chi connectivity index (χ2n) is 6.19. The van der Waals surface area contributed by atoms with Gasteiger partial charge in [0.2, 0.25) is 0 Å². The minimum absolute atomic E-state index is 0.124. The maximum Gasteiger partial charge on any atom is 0.321 e. The molecule has 0 radical (unpaired) electrons. The summed E-state index contributed by atoms with van der Waals surface area (Å²) in [5, 5.41) is 4.94. The molecule has 0 saturated carbocycles. The maximum atomic E-state index is 12.3. The summed E-state index contributed by atoms with van der Waals surface area (Å²) in [6, 6.07) is 11.4. The molecule has 1 aliphatic rings. The Hall–Kier alpha value is -2.05. The van der Waals surface area contributed by atoms with Crippen molar-refractivity contribution in [1.82, 2.24) is 4.90 Å². The van der Waals surface area contributed by atoms with Gasteiger partial charge >= 0.3 is 6.03 Å². The summed E-state index contributed by atoms with van der Waals surface area (Å²) in [4.78, 5) is 15.1. The Morgan fingerprint density at radius 1 is 1.32 bits per heavy atom. The Kier molecular flexibility index (Phi) is 6.30. The molecule has 1 aromatic heterocycles. The monoisotopic (exact) mass is 360 g/mol. The van der Waals surface area contributed by atoms with E-state index in [-0.39, 0.29) is 12.1 Å². The number of urea groups is 1. The zero-order valence-corrected chi connectivity index (χ0v) is 15.3. The van der Waals surface area contributed by atoms with Crippen molar-refractivity contribution in [2.45, 2.75) is 32.0 Å². The Bertz CT molecular complexity index is 652. The van der Waals surface area contributed by atoms with Crippen LogP contribution in [-0.2, 0) is 11.3 Å². The van der Waals surface area contributed by atoms with Crippen LogP contribution in [0.4, 0.5) is 10.5 Å². The summed E-state index contributed by atoms with van der Waals surface area (Å²) in [5.41, 5.74) is 0.755. The first-order valence-electron chi connectivity index (χ1n) is 8.59. The van der Waals surface area contributed by atoms with E-state index in [0.717, 1.165) is 30.9 Å². The Morgan fingerprint density at radius 2 is 2.16 bits per heavy atom. The Morgan fingerprint density at radius 3 is 2.84 bits per heavy atom. The minimum Gasteiger partial charge on any atom is -0.488 e. The van der Waals surface area contributed by atoms with E-state index < -0.39 is 0 Å². The number of carbonyl (C=O) groups is 1. The highest BCUT2D eigenvalue weighted by Gasteiger charge is 2.18. The number of amides is 2. The average molecular weight is 360 g/mol. The fourth-order valence-corrected chi connectivity index (χ4v) is 3.36. The van der Waals surface area contributed by atoms with Crippen LogP contribution in [0.2, 0.25) is 0 Å². The van der Waals surface area contributed by atoms with Crippen molar-refractivity contribution in [2.24, 2.45) is 0 Å². The molecule has 25 heavy (non-hydrogen) atoms. The van der Waals surface area contributed by atoms with Crippen LogP contribution in [0.5, 0.6) is 5.75 Å². The van der Waals surface area contributed by atoms with Crippen LogP contribution in [0, 0.1) is 0 Å². The molecule has 2 amide bonds. The van der Waals surface area contributed by atoms with Crippen LogP contribution in [-0.4, -0.2) is 37.2 Å². The van der Waals surface area contributed by atoms with Crippen molar-refractivity contribution in [3.63, 3.8) is 0 Å². The largest absolute Gasteiger partial charge is 0.488 e. The lowest BCUT2D eigenvalue weighted by Gasteiger charge is -2.27. The molecule has 3 rings (SSSR count). The van der Waals surface area contributed by atoms with Crippen molar-refractivity contribution in [2.75, 3.05) is 25.5 Å². The SMILES string of the molecule is CN(C[C@H]1CCCCO1)C(=O)Nc1ccc(OCc2cccs2)cc1. The van der Waals surface area contributed by atoms with Crippen molar-refractivity contribution >= 4 is 23.1 Å². The molecule has 2 aromatic rings. The van der Waals surface area contributed by atoms with E-state index in [4.69, 9.17) is 9.47 Å². The molecule has 1 N–H and O–H groups in total. The lowest BCUT2D eigenvalue weighted by Crippen LogP contribution is -2.39. The van der Waals surface area contributed by atoms with E-state index in [0.29, 0.717) is 13.2 Å². The van der Waals surface area contributed by atoms with Gasteiger partial charge in [0.25, 0.3) is 0 Å². The number of hydrogen-bond donors (Lipinski definition) is 1. The van der Waals surface area contributed by atoms with E-state index >= 15 is 0 Å². The number of hydrogen-bond acceptors (Lipinski definition) is 4. The molecule has 1 atom stereocenters. The Labute approximate surface area is 152 Å². The molecule has 6 heteroatoms. The van der Waals surface area contributed by atoms with Crippen molar-refractivity contribution < 1.29 is 14.3 Å². The predicted octanol–water partition coefficient (Wildman–Crippen LogP) is 4.36. The van der Waals surface area contributed by atoms with Gasteiger partial charge in [-0.15, -0.1) is 11.3 Å². The fraction of sp³-hybridized carbons (Fsp3) is 0.421. The summed E-state index contributed by atoms with van der Waals surface area (Å²) >= 11 is 1.67. The zero-order valence-electron chi connectivity index (χ0n) is 14.4. The second kappa shape index (κ2) is 8.87. The topological polar surface area (TPSA) is 50.8 Å². The van der Waals surface area contributed by atoms with E-state index in [1.165, 1.54) is 11.3 Å². The summed E-state index contributed by atoms with van der Waals surface area (Å²) in [5.74, 6) is 0.787. The summed E-state index contributed by atoms with van der Waals surface area (Å²) in [6.45, 7) is 1.98. The number of carbonyl (C=O) groups excluding carboxylic acids is 1. The number of anilines is 1. The van der Waals surface area contributed by atoms with Gasteiger partial charge in [-0.05, 0) is 55.0 Å². The molecule has 0 bridgehead atoms. The number of thiophene rings is 1. The maximum absolute atomic E-state index is 12.3. The van der Waals surface area contributed by atoms with Gasteiger partial charge < -0.3 is 19.7 Å². The molecular weight excluding hydrogens is 336 g/mol. The lowest BCUT2D eigenvalue weighted by atomic mass is 10.1. The molecule has 2 heterocycles. The fourth-order valence-electron chi connectivity index (χ4n) is 2.74. The first-order chi connectivity index (χ1) is 12.2. The highest BCUT2D eigenvalue weighted by atomic mass is 32.1. The van der Waals surface area contributed by atoms with E-state index in [1.807, 2.05) is 41.8 Å². The lowest BCUT2D eigenvalue weighted by molar-refractivity contribution is 0.00463. The molecule has 0 unspecified atom stereocenters. The van der Waals surface area contributed by atoms with Crippen LogP contribution in [0.1, 0.15) is 24.1 Å². The molecule has 1 fully saturated rings.